The normalized spacial score (nSPS) is 13.7. The lowest BCUT2D eigenvalue weighted by Gasteiger charge is -2.11. The lowest BCUT2D eigenvalue weighted by atomic mass is 10.4. The molecule has 20 heavy (non-hydrogen) atoms. The number of nitrogens with zero attached hydrogens (tertiary/aromatic N) is 2. The molecule has 0 saturated carbocycles. The molecule has 0 aliphatic heterocycles. The predicted molar refractivity (Wildman–Crippen MR) is 83.5 cm³/mol. The summed E-state index contributed by atoms with van der Waals surface area (Å²) in [5.74, 6) is 0. The van der Waals surface area contributed by atoms with Crippen LogP contribution in [0.4, 0.5) is 0 Å². The maximum atomic E-state index is 12.4. The maximum Gasteiger partial charge on any atom is 0.244 e. The number of rotatable bonds is 8. The van der Waals surface area contributed by atoms with Gasteiger partial charge < -0.3 is 5.73 Å². The van der Waals surface area contributed by atoms with Crippen LogP contribution in [0.15, 0.2) is 4.90 Å². The quantitative estimate of drug-likeness (QED) is 0.742. The summed E-state index contributed by atoms with van der Waals surface area (Å²) in [5.41, 5.74) is 6.68. The van der Waals surface area contributed by atoms with Crippen LogP contribution in [0.2, 0.25) is 0 Å². The minimum Gasteiger partial charge on any atom is -0.330 e. The van der Waals surface area contributed by atoms with Gasteiger partial charge >= 0.3 is 0 Å². The Morgan fingerprint density at radius 3 is 2.65 bits per heavy atom. The van der Waals surface area contributed by atoms with Crippen LogP contribution in [-0.4, -0.2) is 42.8 Å². The fraction of sp³-hybridized carbons (Fsp3) is 0.750. The van der Waals surface area contributed by atoms with Crippen molar-refractivity contribution < 1.29 is 8.42 Å². The highest BCUT2D eigenvalue weighted by molar-refractivity contribution is 7.99. The Kier molecular flexibility index (Phi) is 6.50. The van der Waals surface area contributed by atoms with E-state index in [9.17, 15) is 8.42 Å². The van der Waals surface area contributed by atoms with Gasteiger partial charge in [0.1, 0.15) is 4.90 Å². The predicted octanol–water partition coefficient (Wildman–Crippen LogP) is 0.879. The van der Waals surface area contributed by atoms with E-state index < -0.39 is 10.0 Å². The first-order valence-electron chi connectivity index (χ1n) is 6.60. The molecule has 6 nitrogen and oxygen atoms in total. The molecule has 3 N–H and O–H groups in total. The van der Waals surface area contributed by atoms with Crippen molar-refractivity contribution in [1.29, 1.82) is 0 Å². The van der Waals surface area contributed by atoms with E-state index in [-0.39, 0.29) is 5.25 Å². The number of nitrogens with two attached hydrogens (primary N) is 1. The number of sulfonamides is 1. The minimum absolute atomic E-state index is 0.234. The van der Waals surface area contributed by atoms with Crippen LogP contribution in [0.3, 0.4) is 0 Å². The van der Waals surface area contributed by atoms with Crippen LogP contribution in [0, 0.1) is 13.8 Å². The fourth-order valence-corrected chi connectivity index (χ4v) is 3.80. The Morgan fingerprint density at radius 1 is 1.45 bits per heavy atom. The third-order valence-electron chi connectivity index (χ3n) is 3.12. The molecular weight excluding hydrogens is 296 g/mol. The van der Waals surface area contributed by atoms with Gasteiger partial charge in [0, 0.05) is 18.3 Å². The fourth-order valence-electron chi connectivity index (χ4n) is 1.91. The van der Waals surface area contributed by atoms with Crippen LogP contribution in [0.5, 0.6) is 0 Å². The zero-order valence-electron chi connectivity index (χ0n) is 12.5. The molecule has 1 aromatic rings. The maximum absolute atomic E-state index is 12.4. The molecule has 0 fully saturated rings. The molecular formula is C12H24N4O2S2. The molecule has 0 saturated heterocycles. The SMILES string of the molecule is CSC(C)CNS(=O)(=O)c1c(C)nn(CCCN)c1C. The van der Waals surface area contributed by atoms with Gasteiger partial charge in [0.2, 0.25) is 10.0 Å². The molecule has 8 heteroatoms. The molecule has 1 unspecified atom stereocenters. The number of hydrogen-bond donors (Lipinski definition) is 2. The summed E-state index contributed by atoms with van der Waals surface area (Å²) in [4.78, 5) is 0.294. The van der Waals surface area contributed by atoms with Gasteiger partial charge in [0.05, 0.1) is 11.4 Å². The summed E-state index contributed by atoms with van der Waals surface area (Å²) in [6.07, 6.45) is 2.73. The van der Waals surface area contributed by atoms with Gasteiger partial charge in [0.25, 0.3) is 0 Å². The molecule has 0 radical (unpaired) electrons. The Balaban J connectivity index is 2.97. The van der Waals surface area contributed by atoms with Crippen molar-refractivity contribution in [3.63, 3.8) is 0 Å². The van der Waals surface area contributed by atoms with E-state index >= 15 is 0 Å². The first-order chi connectivity index (χ1) is 9.33. The van der Waals surface area contributed by atoms with Crippen molar-refractivity contribution in [3.05, 3.63) is 11.4 Å². The summed E-state index contributed by atoms with van der Waals surface area (Å²) in [6.45, 7) is 7.10. The summed E-state index contributed by atoms with van der Waals surface area (Å²) >= 11 is 1.62. The van der Waals surface area contributed by atoms with Gasteiger partial charge in [-0.1, -0.05) is 6.92 Å². The lowest BCUT2D eigenvalue weighted by Crippen LogP contribution is -2.30. The van der Waals surface area contributed by atoms with E-state index in [1.807, 2.05) is 13.2 Å². The van der Waals surface area contributed by atoms with E-state index in [0.717, 1.165) is 6.42 Å². The van der Waals surface area contributed by atoms with Crippen LogP contribution >= 0.6 is 11.8 Å². The number of aromatic nitrogens is 2. The van der Waals surface area contributed by atoms with Gasteiger partial charge in [-0.25, -0.2) is 13.1 Å². The molecule has 1 heterocycles. The summed E-state index contributed by atoms with van der Waals surface area (Å²) in [5, 5.41) is 4.53. The molecule has 0 amide bonds. The van der Waals surface area contributed by atoms with Crippen molar-refractivity contribution in [2.24, 2.45) is 5.73 Å². The summed E-state index contributed by atoms with van der Waals surface area (Å²) in [6, 6.07) is 0. The van der Waals surface area contributed by atoms with Crippen molar-refractivity contribution in [1.82, 2.24) is 14.5 Å². The van der Waals surface area contributed by atoms with E-state index in [2.05, 4.69) is 9.82 Å². The number of nitrogens with one attached hydrogen (secondary N) is 1. The third-order valence-corrected chi connectivity index (χ3v) is 5.77. The molecule has 1 aromatic heterocycles. The van der Waals surface area contributed by atoms with Gasteiger partial charge in [-0.2, -0.15) is 16.9 Å². The summed E-state index contributed by atoms with van der Waals surface area (Å²) in [7, 11) is -3.51. The first kappa shape index (κ1) is 17.5. The average Bonchev–Trinajstić information content (AvgIpc) is 2.68. The minimum atomic E-state index is -3.51. The van der Waals surface area contributed by atoms with Gasteiger partial charge in [-0.15, -0.1) is 0 Å². The highest BCUT2D eigenvalue weighted by Crippen LogP contribution is 2.19. The molecule has 0 bridgehead atoms. The smallest absolute Gasteiger partial charge is 0.244 e. The second-order valence-corrected chi connectivity index (χ2v) is 7.74. The van der Waals surface area contributed by atoms with Crippen LogP contribution in [0.1, 0.15) is 24.7 Å². The molecule has 0 aliphatic rings. The van der Waals surface area contributed by atoms with Crippen LogP contribution in [-0.2, 0) is 16.6 Å². The number of thioether (sulfide) groups is 1. The molecule has 1 rings (SSSR count). The van der Waals surface area contributed by atoms with E-state index in [4.69, 9.17) is 5.73 Å². The Bertz CT molecular complexity index is 540. The molecule has 116 valence electrons. The van der Waals surface area contributed by atoms with Gasteiger partial charge in [-0.05, 0) is 33.1 Å². The lowest BCUT2D eigenvalue weighted by molar-refractivity contribution is 0.563. The second kappa shape index (κ2) is 7.44. The largest absolute Gasteiger partial charge is 0.330 e. The molecule has 1 atom stereocenters. The van der Waals surface area contributed by atoms with Crippen molar-refractivity contribution in [2.75, 3.05) is 19.3 Å². The van der Waals surface area contributed by atoms with Crippen molar-refractivity contribution in [2.45, 2.75) is 43.9 Å². The average molecular weight is 320 g/mol. The first-order valence-corrected chi connectivity index (χ1v) is 9.37. The standard InChI is InChI=1S/C12H24N4O2S2/c1-9(19-4)8-14-20(17,18)12-10(2)15-16(11(12)3)7-5-6-13/h9,14H,5-8,13H2,1-4H3. The van der Waals surface area contributed by atoms with E-state index in [0.29, 0.717) is 35.9 Å². The zero-order valence-corrected chi connectivity index (χ0v) is 14.1. The van der Waals surface area contributed by atoms with Crippen molar-refractivity contribution in [3.8, 4) is 0 Å². The number of hydrogen-bond acceptors (Lipinski definition) is 5. The van der Waals surface area contributed by atoms with Gasteiger partial charge in [-0.3, -0.25) is 4.68 Å². The van der Waals surface area contributed by atoms with Crippen LogP contribution in [0.25, 0.3) is 0 Å². The van der Waals surface area contributed by atoms with Crippen molar-refractivity contribution >= 4 is 21.8 Å². The van der Waals surface area contributed by atoms with Gasteiger partial charge in [0.15, 0.2) is 0 Å². The second-order valence-electron chi connectivity index (χ2n) is 4.76. The molecule has 0 aromatic carbocycles. The highest BCUT2D eigenvalue weighted by Gasteiger charge is 2.24. The topological polar surface area (TPSA) is 90.0 Å². The monoisotopic (exact) mass is 320 g/mol. The third kappa shape index (κ3) is 4.21. The molecule has 0 spiro atoms. The highest BCUT2D eigenvalue weighted by atomic mass is 32.2. The van der Waals surface area contributed by atoms with Crippen LogP contribution < -0.4 is 10.5 Å². The van der Waals surface area contributed by atoms with E-state index in [1.54, 1.807) is 30.3 Å². The summed E-state index contributed by atoms with van der Waals surface area (Å²) < 4.78 is 29.1. The zero-order chi connectivity index (χ0) is 15.3. The Labute approximate surface area is 125 Å². The molecule has 0 aliphatic carbocycles. The Hall–Kier alpha value is -0.570. The Morgan fingerprint density at radius 2 is 2.10 bits per heavy atom. The number of aryl methyl sites for hydroxylation is 2. The van der Waals surface area contributed by atoms with E-state index in [1.165, 1.54) is 0 Å².